The number of carboxylic acid groups (broad SMARTS) is 2. The quantitative estimate of drug-likeness (QED) is 0.551. The predicted molar refractivity (Wildman–Crippen MR) is 85.7 cm³/mol. The van der Waals surface area contributed by atoms with Crippen molar-refractivity contribution in [3.63, 3.8) is 0 Å². The molecule has 0 radical (unpaired) electrons. The minimum absolute atomic E-state index is 0.833. The lowest BCUT2D eigenvalue weighted by Crippen LogP contribution is -2.52. The number of hydrogen-bond donors (Lipinski definition) is 4. The molecular formula is C10H28O8Si3. The molecule has 0 amide bonds. The van der Waals surface area contributed by atoms with E-state index in [1.807, 2.05) is 13.1 Å². The Morgan fingerprint density at radius 1 is 0.714 bits per heavy atom. The van der Waals surface area contributed by atoms with Crippen molar-refractivity contribution >= 4 is 37.6 Å². The number of carboxylic acids is 2. The van der Waals surface area contributed by atoms with E-state index in [4.69, 9.17) is 28.0 Å². The molecule has 0 atom stereocenters. The zero-order valence-electron chi connectivity index (χ0n) is 13.9. The van der Waals surface area contributed by atoms with Crippen LogP contribution in [0.15, 0.2) is 0 Å². The van der Waals surface area contributed by atoms with Gasteiger partial charge in [0.15, 0.2) is 0 Å². The fourth-order valence-electron chi connectivity index (χ4n) is 1.22. The average molecular weight is 361 g/mol. The van der Waals surface area contributed by atoms with Crippen molar-refractivity contribution < 1.29 is 37.6 Å². The molecule has 0 spiro atoms. The van der Waals surface area contributed by atoms with Crippen LogP contribution < -0.4 is 0 Å². The Hall–Kier alpha value is -0.569. The van der Waals surface area contributed by atoms with Gasteiger partial charge >= 0.3 is 25.7 Å². The molecule has 0 heterocycles. The summed E-state index contributed by atoms with van der Waals surface area (Å²) in [5.41, 5.74) is 0. The Morgan fingerprint density at radius 3 is 0.952 bits per heavy atom. The SMILES string of the molecule is CC(=O)O.CC(=O)O.C[Si](C)(O)O[Si](C)(C)O[Si](C)(C)O. The molecule has 0 bridgehead atoms. The lowest BCUT2D eigenvalue weighted by atomic mass is 10.9. The molecule has 0 saturated carbocycles. The summed E-state index contributed by atoms with van der Waals surface area (Å²) in [5.74, 6) is -1.67. The highest BCUT2D eigenvalue weighted by molar-refractivity contribution is 6.83. The Kier molecular flexibility index (Phi) is 12.3. The molecule has 0 aromatic heterocycles. The highest BCUT2D eigenvalue weighted by Gasteiger charge is 2.38. The molecule has 0 fully saturated rings. The molecule has 0 aliphatic heterocycles. The van der Waals surface area contributed by atoms with Crippen LogP contribution in [-0.2, 0) is 17.8 Å². The summed E-state index contributed by atoms with van der Waals surface area (Å²) in [7, 11) is -7.44. The highest BCUT2D eigenvalue weighted by atomic mass is 28.5. The molecule has 0 unspecified atom stereocenters. The smallest absolute Gasteiger partial charge is 0.320 e. The largest absolute Gasteiger partial charge is 0.481 e. The molecule has 8 nitrogen and oxygen atoms in total. The van der Waals surface area contributed by atoms with E-state index >= 15 is 0 Å². The van der Waals surface area contributed by atoms with Crippen LogP contribution in [0.4, 0.5) is 0 Å². The van der Waals surface area contributed by atoms with Gasteiger partial charge in [0.1, 0.15) is 0 Å². The molecule has 11 heteroatoms. The maximum absolute atomic E-state index is 9.56. The van der Waals surface area contributed by atoms with Gasteiger partial charge in [-0.15, -0.1) is 0 Å². The maximum atomic E-state index is 9.56. The van der Waals surface area contributed by atoms with Gasteiger partial charge in [-0.3, -0.25) is 9.59 Å². The van der Waals surface area contributed by atoms with E-state index in [9.17, 15) is 9.59 Å². The van der Waals surface area contributed by atoms with E-state index in [1.165, 1.54) is 0 Å². The van der Waals surface area contributed by atoms with Gasteiger partial charge in [0.25, 0.3) is 11.9 Å². The van der Waals surface area contributed by atoms with Crippen LogP contribution >= 0.6 is 0 Å². The van der Waals surface area contributed by atoms with E-state index < -0.39 is 37.6 Å². The van der Waals surface area contributed by atoms with Gasteiger partial charge in [-0.25, -0.2) is 0 Å². The summed E-state index contributed by atoms with van der Waals surface area (Å²) in [6, 6.07) is 0. The maximum Gasteiger partial charge on any atom is 0.320 e. The van der Waals surface area contributed by atoms with Crippen molar-refractivity contribution in [1.29, 1.82) is 0 Å². The monoisotopic (exact) mass is 360 g/mol. The first-order valence-corrected chi connectivity index (χ1v) is 14.6. The first kappa shape index (κ1) is 25.4. The van der Waals surface area contributed by atoms with Crippen molar-refractivity contribution in [2.24, 2.45) is 0 Å². The molecular weight excluding hydrogens is 332 g/mol. The van der Waals surface area contributed by atoms with Crippen molar-refractivity contribution in [1.82, 2.24) is 0 Å². The fourth-order valence-corrected chi connectivity index (χ4v) is 11.4. The summed E-state index contributed by atoms with van der Waals surface area (Å²) >= 11 is 0. The molecule has 128 valence electrons. The number of aliphatic carboxylic acids is 2. The van der Waals surface area contributed by atoms with Crippen LogP contribution in [-0.4, -0.2) is 57.4 Å². The minimum atomic E-state index is -2.54. The lowest BCUT2D eigenvalue weighted by Gasteiger charge is -2.33. The highest BCUT2D eigenvalue weighted by Crippen LogP contribution is 2.17. The van der Waals surface area contributed by atoms with Crippen molar-refractivity contribution in [2.45, 2.75) is 53.1 Å². The average Bonchev–Trinajstić information content (AvgIpc) is 1.87. The third-order valence-electron chi connectivity index (χ3n) is 0.991. The Labute approximate surface area is 129 Å². The van der Waals surface area contributed by atoms with Gasteiger partial charge in [-0.05, 0) is 39.3 Å². The zero-order chi connectivity index (χ0) is 18.1. The van der Waals surface area contributed by atoms with Crippen LogP contribution in [0.2, 0.25) is 39.3 Å². The van der Waals surface area contributed by atoms with Crippen LogP contribution in [0.25, 0.3) is 0 Å². The van der Waals surface area contributed by atoms with Gasteiger partial charge < -0.3 is 28.0 Å². The summed E-state index contributed by atoms with van der Waals surface area (Å²) in [6.07, 6.45) is 0. The first-order valence-electron chi connectivity index (χ1n) is 6.12. The molecule has 0 aliphatic carbocycles. The summed E-state index contributed by atoms with van der Waals surface area (Å²) in [4.78, 5) is 37.1. The molecule has 0 aromatic rings. The first-order chi connectivity index (χ1) is 8.88. The molecule has 0 saturated heterocycles. The third-order valence-corrected chi connectivity index (χ3v) is 8.92. The molecule has 0 rings (SSSR count). The van der Waals surface area contributed by atoms with Crippen LogP contribution in [0, 0.1) is 0 Å². The molecule has 0 aromatic carbocycles. The fraction of sp³-hybridized carbons (Fsp3) is 0.800. The summed E-state index contributed by atoms with van der Waals surface area (Å²) in [6.45, 7) is 12.6. The third kappa shape index (κ3) is 45.2. The topological polar surface area (TPSA) is 134 Å². The van der Waals surface area contributed by atoms with Gasteiger partial charge in [0.2, 0.25) is 0 Å². The van der Waals surface area contributed by atoms with E-state index in [2.05, 4.69) is 0 Å². The van der Waals surface area contributed by atoms with Crippen LogP contribution in [0.5, 0.6) is 0 Å². The van der Waals surface area contributed by atoms with Gasteiger partial charge in [-0.1, -0.05) is 0 Å². The van der Waals surface area contributed by atoms with Gasteiger partial charge in [0.05, 0.1) is 0 Å². The Bertz CT molecular complexity index is 281. The normalized spacial score (nSPS) is 11.5. The standard InChI is InChI=1S/C6H20O4Si3.2C2H4O2/c1-11(2,7)9-13(5,6)10-12(3,4)8;2*1-2(3)4/h7-8H,1-6H3;2*1H3,(H,3,4). The van der Waals surface area contributed by atoms with E-state index in [-0.39, 0.29) is 0 Å². The number of carbonyl (C=O) groups is 2. The zero-order valence-corrected chi connectivity index (χ0v) is 16.9. The van der Waals surface area contributed by atoms with Crippen molar-refractivity contribution in [2.75, 3.05) is 0 Å². The Morgan fingerprint density at radius 2 is 0.857 bits per heavy atom. The van der Waals surface area contributed by atoms with Crippen molar-refractivity contribution in [3.05, 3.63) is 0 Å². The van der Waals surface area contributed by atoms with E-state index in [0.29, 0.717) is 0 Å². The second-order valence-corrected chi connectivity index (χ2v) is 15.8. The second-order valence-electron chi connectivity index (χ2n) is 5.54. The second kappa shape index (κ2) is 10.2. The van der Waals surface area contributed by atoms with E-state index in [0.717, 1.165) is 13.8 Å². The van der Waals surface area contributed by atoms with Crippen molar-refractivity contribution in [3.8, 4) is 0 Å². The lowest BCUT2D eigenvalue weighted by molar-refractivity contribution is -0.135. The predicted octanol–water partition coefficient (Wildman–Crippen LogP) is 1.29. The number of hydrogen-bond acceptors (Lipinski definition) is 6. The van der Waals surface area contributed by atoms with Gasteiger partial charge in [-0.2, -0.15) is 0 Å². The number of rotatable bonds is 4. The minimum Gasteiger partial charge on any atom is -0.481 e. The van der Waals surface area contributed by atoms with E-state index in [1.54, 1.807) is 26.2 Å². The molecule has 0 aliphatic rings. The molecule has 21 heavy (non-hydrogen) atoms. The van der Waals surface area contributed by atoms with Gasteiger partial charge in [0, 0.05) is 13.8 Å². The van der Waals surface area contributed by atoms with Crippen LogP contribution in [0.3, 0.4) is 0 Å². The summed E-state index contributed by atoms with van der Waals surface area (Å²) in [5, 5.41) is 14.8. The molecule has 4 N–H and O–H groups in total. The Balaban J connectivity index is -0.000000334. The van der Waals surface area contributed by atoms with Crippen LogP contribution in [0.1, 0.15) is 13.8 Å². The summed E-state index contributed by atoms with van der Waals surface area (Å²) < 4.78 is 11.0.